The van der Waals surface area contributed by atoms with Crippen LogP contribution in [0.5, 0.6) is 0 Å². The summed E-state index contributed by atoms with van der Waals surface area (Å²) in [5, 5.41) is 3.33. The van der Waals surface area contributed by atoms with Crippen molar-refractivity contribution in [2.24, 2.45) is 0 Å². The Kier molecular flexibility index (Phi) is 7.13. The molecule has 0 amide bonds. The van der Waals surface area contributed by atoms with Crippen LogP contribution in [0, 0.1) is 5.82 Å². The first-order valence-corrected chi connectivity index (χ1v) is 11.1. The number of para-hydroxylation sites is 2. The Labute approximate surface area is 198 Å². The molecule has 0 heterocycles. The number of carbonyl (C=O) groups is 2. The highest BCUT2D eigenvalue weighted by molar-refractivity contribution is 6.09. The van der Waals surface area contributed by atoms with Crippen molar-refractivity contribution in [3.05, 3.63) is 131 Å². The summed E-state index contributed by atoms with van der Waals surface area (Å²) in [5.74, 6) is -1.66. The molecule has 0 fully saturated rings. The Morgan fingerprint density at radius 1 is 0.765 bits per heavy atom. The largest absolute Gasteiger partial charge is 0.398 e. The maximum absolute atomic E-state index is 13.6. The smallest absolute Gasteiger partial charge is 0.172 e. The topological polar surface area (TPSA) is 72.2 Å². The zero-order valence-electron chi connectivity index (χ0n) is 18.6. The quantitative estimate of drug-likeness (QED) is 0.232. The summed E-state index contributed by atoms with van der Waals surface area (Å²) in [5.41, 5.74) is 9.59. The summed E-state index contributed by atoms with van der Waals surface area (Å²) < 4.78 is 13.6. The van der Waals surface area contributed by atoms with E-state index in [9.17, 15) is 14.0 Å². The van der Waals surface area contributed by atoms with Crippen LogP contribution in [-0.4, -0.2) is 11.6 Å². The van der Waals surface area contributed by atoms with Crippen LogP contribution in [0.1, 0.15) is 44.2 Å². The molecule has 3 N–H and O–H groups in total. The highest BCUT2D eigenvalue weighted by Gasteiger charge is 2.27. The summed E-state index contributed by atoms with van der Waals surface area (Å²) in [7, 11) is 0. The van der Waals surface area contributed by atoms with E-state index in [4.69, 9.17) is 5.73 Å². The SMILES string of the molecule is Nc1ccccc1C(=O)C(CC(=O)c1ccccc1NCc1ccccc1)c1ccc(F)cc1. The standard InChI is InChI=1S/C29H25FN2O2/c30-22-16-14-21(15-17-22)25(29(34)23-10-4-6-12-26(23)31)18-28(33)24-11-5-7-13-27(24)32-19-20-8-2-1-3-9-20/h1-17,25,32H,18-19,31H2. The van der Waals surface area contributed by atoms with E-state index in [1.807, 2.05) is 42.5 Å². The number of benzene rings is 4. The first kappa shape index (κ1) is 22.9. The van der Waals surface area contributed by atoms with Gasteiger partial charge < -0.3 is 11.1 Å². The number of carbonyl (C=O) groups excluding carboxylic acids is 2. The van der Waals surface area contributed by atoms with Crippen molar-refractivity contribution in [1.82, 2.24) is 0 Å². The molecule has 0 aliphatic heterocycles. The van der Waals surface area contributed by atoms with Crippen molar-refractivity contribution >= 4 is 22.9 Å². The molecule has 0 saturated carbocycles. The normalized spacial score (nSPS) is 11.6. The summed E-state index contributed by atoms with van der Waals surface area (Å²) in [6.07, 6.45) is -0.0666. The van der Waals surface area contributed by atoms with Gasteiger partial charge in [0.05, 0.1) is 5.92 Å². The fourth-order valence-corrected chi connectivity index (χ4v) is 3.94. The molecule has 1 atom stereocenters. The lowest BCUT2D eigenvalue weighted by atomic mass is 9.84. The predicted molar refractivity (Wildman–Crippen MR) is 133 cm³/mol. The first-order chi connectivity index (χ1) is 16.5. The fraction of sp³-hybridized carbons (Fsp3) is 0.103. The lowest BCUT2D eigenvalue weighted by Gasteiger charge is -2.18. The Bertz CT molecular complexity index is 1290. The average Bonchev–Trinajstić information content (AvgIpc) is 2.87. The van der Waals surface area contributed by atoms with Crippen molar-refractivity contribution in [3.63, 3.8) is 0 Å². The highest BCUT2D eigenvalue weighted by Crippen LogP contribution is 2.30. The van der Waals surface area contributed by atoms with Gasteiger partial charge >= 0.3 is 0 Å². The third-order valence-electron chi connectivity index (χ3n) is 5.76. The van der Waals surface area contributed by atoms with E-state index < -0.39 is 11.7 Å². The molecule has 34 heavy (non-hydrogen) atoms. The van der Waals surface area contributed by atoms with Crippen LogP contribution in [0.15, 0.2) is 103 Å². The number of ketones is 2. The van der Waals surface area contributed by atoms with Gasteiger partial charge in [0.25, 0.3) is 0 Å². The van der Waals surface area contributed by atoms with Gasteiger partial charge in [0.1, 0.15) is 5.82 Å². The molecule has 0 aliphatic rings. The van der Waals surface area contributed by atoms with Crippen LogP contribution >= 0.6 is 0 Å². The second kappa shape index (κ2) is 10.6. The number of rotatable bonds is 9. The summed E-state index contributed by atoms with van der Waals surface area (Å²) >= 11 is 0. The van der Waals surface area contributed by atoms with Gasteiger partial charge in [0, 0.05) is 35.5 Å². The van der Waals surface area contributed by atoms with E-state index in [-0.39, 0.29) is 18.0 Å². The highest BCUT2D eigenvalue weighted by atomic mass is 19.1. The van der Waals surface area contributed by atoms with E-state index in [1.54, 1.807) is 48.5 Å². The minimum Gasteiger partial charge on any atom is -0.398 e. The Balaban J connectivity index is 1.62. The number of halogens is 1. The van der Waals surface area contributed by atoms with E-state index in [0.717, 1.165) is 5.56 Å². The first-order valence-electron chi connectivity index (χ1n) is 11.1. The molecule has 5 heteroatoms. The molecule has 0 radical (unpaired) electrons. The van der Waals surface area contributed by atoms with Crippen molar-refractivity contribution in [3.8, 4) is 0 Å². The van der Waals surface area contributed by atoms with Gasteiger partial charge in [0.15, 0.2) is 11.6 Å². The maximum Gasteiger partial charge on any atom is 0.172 e. The van der Waals surface area contributed by atoms with Crippen LogP contribution < -0.4 is 11.1 Å². The number of hydrogen-bond acceptors (Lipinski definition) is 4. The maximum atomic E-state index is 13.6. The van der Waals surface area contributed by atoms with E-state index in [2.05, 4.69) is 5.32 Å². The van der Waals surface area contributed by atoms with Crippen LogP contribution in [-0.2, 0) is 6.54 Å². The third-order valence-corrected chi connectivity index (χ3v) is 5.76. The molecule has 1 unspecified atom stereocenters. The number of nitrogen functional groups attached to an aromatic ring is 1. The molecular formula is C29H25FN2O2. The van der Waals surface area contributed by atoms with Gasteiger partial charge in [-0.3, -0.25) is 9.59 Å². The summed E-state index contributed by atoms with van der Waals surface area (Å²) in [4.78, 5) is 26.9. The molecule has 0 spiro atoms. The average molecular weight is 453 g/mol. The lowest BCUT2D eigenvalue weighted by Crippen LogP contribution is -2.19. The minimum absolute atomic E-state index is 0.0666. The molecule has 0 aliphatic carbocycles. The van der Waals surface area contributed by atoms with Gasteiger partial charge in [-0.1, -0.05) is 66.7 Å². The second-order valence-corrected chi connectivity index (χ2v) is 8.07. The van der Waals surface area contributed by atoms with Crippen LogP contribution in [0.3, 0.4) is 0 Å². The monoisotopic (exact) mass is 452 g/mol. The second-order valence-electron chi connectivity index (χ2n) is 8.07. The van der Waals surface area contributed by atoms with Crippen molar-refractivity contribution in [2.45, 2.75) is 18.9 Å². The Hall–Kier alpha value is -4.25. The number of nitrogens with two attached hydrogens (primary N) is 1. The zero-order chi connectivity index (χ0) is 23.9. The predicted octanol–water partition coefficient (Wildman–Crippen LogP) is 6.26. The molecule has 0 saturated heterocycles. The molecule has 4 rings (SSSR count). The number of hydrogen-bond donors (Lipinski definition) is 2. The summed E-state index contributed by atoms with van der Waals surface area (Å²) in [6, 6.07) is 29.6. The van der Waals surface area contributed by atoms with Crippen molar-refractivity contribution in [1.29, 1.82) is 0 Å². The molecular weight excluding hydrogens is 427 g/mol. The van der Waals surface area contributed by atoms with Crippen molar-refractivity contribution < 1.29 is 14.0 Å². The van der Waals surface area contributed by atoms with Gasteiger partial charge in [-0.25, -0.2) is 4.39 Å². The number of anilines is 2. The summed E-state index contributed by atoms with van der Waals surface area (Å²) in [6.45, 7) is 0.562. The third kappa shape index (κ3) is 5.38. The van der Waals surface area contributed by atoms with Crippen LogP contribution in [0.2, 0.25) is 0 Å². The van der Waals surface area contributed by atoms with Gasteiger partial charge in [-0.15, -0.1) is 0 Å². The van der Waals surface area contributed by atoms with Gasteiger partial charge in [-0.05, 0) is 47.5 Å². The van der Waals surface area contributed by atoms with E-state index >= 15 is 0 Å². The van der Waals surface area contributed by atoms with Crippen LogP contribution in [0.4, 0.5) is 15.8 Å². The van der Waals surface area contributed by atoms with Crippen LogP contribution in [0.25, 0.3) is 0 Å². The van der Waals surface area contributed by atoms with E-state index in [1.165, 1.54) is 12.1 Å². The van der Waals surface area contributed by atoms with E-state index in [0.29, 0.717) is 34.6 Å². The van der Waals surface area contributed by atoms with Gasteiger partial charge in [0.2, 0.25) is 0 Å². The number of nitrogens with one attached hydrogen (secondary N) is 1. The number of Topliss-reactive ketones (excluding diaryl/α,β-unsaturated/α-hetero) is 2. The van der Waals surface area contributed by atoms with Crippen molar-refractivity contribution in [2.75, 3.05) is 11.1 Å². The Morgan fingerprint density at radius 3 is 2.09 bits per heavy atom. The van der Waals surface area contributed by atoms with Gasteiger partial charge in [-0.2, -0.15) is 0 Å². The lowest BCUT2D eigenvalue weighted by molar-refractivity contribution is 0.0894. The molecule has 170 valence electrons. The molecule has 0 aromatic heterocycles. The molecule has 4 nitrogen and oxygen atoms in total. The molecule has 4 aromatic rings. The zero-order valence-corrected chi connectivity index (χ0v) is 18.6. The Morgan fingerprint density at radius 2 is 1.38 bits per heavy atom. The molecule has 0 bridgehead atoms. The fourth-order valence-electron chi connectivity index (χ4n) is 3.94. The minimum atomic E-state index is -0.792. The molecule has 4 aromatic carbocycles.